The van der Waals surface area contributed by atoms with Gasteiger partial charge in [0.1, 0.15) is 6.04 Å². The van der Waals surface area contributed by atoms with Gasteiger partial charge in [0.15, 0.2) is 11.5 Å². The van der Waals surface area contributed by atoms with Crippen molar-refractivity contribution in [2.24, 2.45) is 5.92 Å². The molecule has 1 aliphatic rings. The number of aliphatic hydroxyl groups is 1. The number of thiophene rings is 1. The van der Waals surface area contributed by atoms with Crippen LogP contribution < -0.4 is 4.90 Å². The molecule has 0 radical (unpaired) electrons. The molecule has 6 heteroatoms. The van der Waals surface area contributed by atoms with Crippen molar-refractivity contribution in [1.29, 1.82) is 0 Å². The zero-order valence-electron chi connectivity index (χ0n) is 14.1. The van der Waals surface area contributed by atoms with Gasteiger partial charge >= 0.3 is 0 Å². The topological polar surface area (TPSA) is 57.6 Å². The summed E-state index contributed by atoms with van der Waals surface area (Å²) in [6.45, 7) is 5.38. The molecule has 2 aromatic rings. The number of rotatable bonds is 4. The van der Waals surface area contributed by atoms with Gasteiger partial charge in [0.25, 0.3) is 5.91 Å². The van der Waals surface area contributed by atoms with Crippen LogP contribution in [0.15, 0.2) is 47.0 Å². The molecule has 2 heterocycles. The lowest BCUT2D eigenvalue weighted by molar-refractivity contribution is -0.119. The number of Topliss-reactive ketones (excluding diaryl/α,β-unsaturated/α-hetero) is 1. The molecule has 3 rings (SSSR count). The number of ketones is 1. The van der Waals surface area contributed by atoms with Gasteiger partial charge in [-0.15, -0.1) is 11.3 Å². The third-order valence-electron chi connectivity index (χ3n) is 4.24. The maximum absolute atomic E-state index is 12.8. The predicted molar refractivity (Wildman–Crippen MR) is 100 cm³/mol. The second-order valence-electron chi connectivity index (χ2n) is 6.31. The summed E-state index contributed by atoms with van der Waals surface area (Å²) in [5.74, 6) is -1.62. The molecule has 130 valence electrons. The molecule has 25 heavy (non-hydrogen) atoms. The van der Waals surface area contributed by atoms with E-state index in [0.29, 0.717) is 10.7 Å². The summed E-state index contributed by atoms with van der Waals surface area (Å²) in [4.78, 5) is 27.7. The van der Waals surface area contributed by atoms with Crippen LogP contribution in [0.1, 0.15) is 30.3 Å². The minimum atomic E-state index is -0.638. The van der Waals surface area contributed by atoms with Crippen LogP contribution in [0, 0.1) is 12.8 Å². The number of carbonyl (C=O) groups excluding carboxylic acids is 2. The van der Waals surface area contributed by atoms with Crippen LogP contribution in [0.3, 0.4) is 0 Å². The number of halogens is 1. The van der Waals surface area contributed by atoms with Gasteiger partial charge in [-0.1, -0.05) is 37.6 Å². The molecule has 1 aromatic carbocycles. The highest BCUT2D eigenvalue weighted by Crippen LogP contribution is 2.43. The molecule has 0 bridgehead atoms. The Bertz CT molecular complexity index is 871. The first-order valence-corrected chi connectivity index (χ1v) is 9.19. The molecule has 0 aliphatic carbocycles. The summed E-state index contributed by atoms with van der Waals surface area (Å²) in [7, 11) is 0. The highest BCUT2D eigenvalue weighted by Gasteiger charge is 2.45. The number of nitrogens with zero attached hydrogens (tertiary/aromatic N) is 1. The van der Waals surface area contributed by atoms with Crippen molar-refractivity contribution in [1.82, 2.24) is 0 Å². The summed E-state index contributed by atoms with van der Waals surface area (Å²) in [6.07, 6.45) is 0. The third kappa shape index (κ3) is 2.98. The molecular weight excluding hydrogens is 358 g/mol. The molecule has 1 atom stereocenters. The first-order chi connectivity index (χ1) is 11.8. The van der Waals surface area contributed by atoms with Crippen molar-refractivity contribution in [3.63, 3.8) is 0 Å². The van der Waals surface area contributed by atoms with E-state index in [9.17, 15) is 14.7 Å². The Morgan fingerprint density at radius 3 is 2.60 bits per heavy atom. The molecule has 1 unspecified atom stereocenters. The normalized spacial score (nSPS) is 17.7. The summed E-state index contributed by atoms with van der Waals surface area (Å²) in [5, 5.41) is 12.8. The Balaban J connectivity index is 2.17. The van der Waals surface area contributed by atoms with Crippen molar-refractivity contribution in [2.75, 3.05) is 4.90 Å². The second-order valence-corrected chi connectivity index (χ2v) is 7.69. The van der Waals surface area contributed by atoms with Crippen molar-refractivity contribution in [3.05, 3.63) is 62.5 Å². The molecule has 1 aromatic heterocycles. The second kappa shape index (κ2) is 6.65. The molecule has 0 saturated heterocycles. The van der Waals surface area contributed by atoms with E-state index in [4.69, 9.17) is 11.6 Å². The van der Waals surface area contributed by atoms with E-state index in [1.54, 1.807) is 26.0 Å². The van der Waals surface area contributed by atoms with Gasteiger partial charge in [0.2, 0.25) is 0 Å². The Morgan fingerprint density at radius 1 is 1.32 bits per heavy atom. The molecule has 4 nitrogen and oxygen atoms in total. The lowest BCUT2D eigenvalue weighted by atomic mass is 9.94. The van der Waals surface area contributed by atoms with Gasteiger partial charge < -0.3 is 5.11 Å². The van der Waals surface area contributed by atoms with Crippen LogP contribution in [0.25, 0.3) is 0 Å². The van der Waals surface area contributed by atoms with Gasteiger partial charge in [-0.2, -0.15) is 0 Å². The van der Waals surface area contributed by atoms with E-state index in [0.717, 1.165) is 10.4 Å². The number of hydrogen-bond acceptors (Lipinski definition) is 4. The average molecular weight is 376 g/mol. The van der Waals surface area contributed by atoms with Crippen LogP contribution in [0.4, 0.5) is 5.69 Å². The van der Waals surface area contributed by atoms with Gasteiger partial charge in [0.05, 0.1) is 5.57 Å². The zero-order valence-corrected chi connectivity index (χ0v) is 15.7. The number of benzene rings is 1. The number of aliphatic hydroxyl groups excluding tert-OH is 1. The molecule has 0 saturated carbocycles. The number of carbonyl (C=O) groups is 2. The highest BCUT2D eigenvalue weighted by atomic mass is 35.5. The Labute approximate surface area is 155 Å². The maximum Gasteiger partial charge on any atom is 0.294 e. The van der Waals surface area contributed by atoms with Crippen LogP contribution in [-0.2, 0) is 9.59 Å². The predicted octanol–water partition coefficient (Wildman–Crippen LogP) is 4.84. The fourth-order valence-electron chi connectivity index (χ4n) is 2.88. The smallest absolute Gasteiger partial charge is 0.294 e. The van der Waals surface area contributed by atoms with Crippen LogP contribution in [-0.4, -0.2) is 16.8 Å². The molecule has 1 amide bonds. The lowest BCUT2D eigenvalue weighted by Crippen LogP contribution is -2.31. The fraction of sp³-hybridized carbons (Fsp3) is 0.263. The monoisotopic (exact) mass is 375 g/mol. The summed E-state index contributed by atoms with van der Waals surface area (Å²) in [6, 6.07) is 8.35. The number of hydrogen-bond donors (Lipinski definition) is 1. The highest BCUT2D eigenvalue weighted by molar-refractivity contribution is 7.10. The first kappa shape index (κ1) is 17.7. The summed E-state index contributed by atoms with van der Waals surface area (Å²) < 4.78 is 0. The largest absolute Gasteiger partial charge is 0.503 e. The van der Waals surface area contributed by atoms with Crippen molar-refractivity contribution < 1.29 is 14.7 Å². The number of amides is 1. The Kier molecular flexibility index (Phi) is 4.71. The van der Waals surface area contributed by atoms with Crippen molar-refractivity contribution >= 4 is 40.3 Å². The Morgan fingerprint density at radius 2 is 2.04 bits per heavy atom. The number of anilines is 1. The quantitative estimate of drug-likeness (QED) is 0.832. The lowest BCUT2D eigenvalue weighted by Gasteiger charge is -2.26. The van der Waals surface area contributed by atoms with Crippen LogP contribution in [0.5, 0.6) is 0 Å². The van der Waals surface area contributed by atoms with Gasteiger partial charge in [-0.3, -0.25) is 14.5 Å². The number of aryl methyl sites for hydroxylation is 1. The van der Waals surface area contributed by atoms with E-state index in [-0.39, 0.29) is 17.3 Å². The van der Waals surface area contributed by atoms with Crippen molar-refractivity contribution in [3.8, 4) is 0 Å². The van der Waals surface area contributed by atoms with Gasteiger partial charge in [-0.25, -0.2) is 0 Å². The molecule has 0 fully saturated rings. The van der Waals surface area contributed by atoms with E-state index in [2.05, 4.69) is 0 Å². The molecule has 1 N–H and O–H groups in total. The van der Waals surface area contributed by atoms with E-state index >= 15 is 0 Å². The van der Waals surface area contributed by atoms with E-state index in [1.165, 1.54) is 16.2 Å². The first-order valence-electron chi connectivity index (χ1n) is 7.93. The van der Waals surface area contributed by atoms with E-state index in [1.807, 2.05) is 30.5 Å². The standard InChI is InChI=1S/C19H18ClNO3S/c1-10(2)17(22)15-16(14-5-4-8-25-14)21(19(24)18(15)23)12-7-6-11(3)13(20)9-12/h4-10,16,23H,1-3H3. The molecular formula is C19H18ClNO3S. The van der Waals surface area contributed by atoms with Gasteiger partial charge in [-0.05, 0) is 36.1 Å². The fourth-order valence-corrected chi connectivity index (χ4v) is 3.88. The SMILES string of the molecule is Cc1ccc(N2C(=O)C(O)=C(C(=O)C(C)C)C2c2cccs2)cc1Cl. The Hall–Kier alpha value is -2.11. The average Bonchev–Trinajstić information content (AvgIpc) is 3.17. The van der Waals surface area contributed by atoms with E-state index < -0.39 is 17.7 Å². The maximum atomic E-state index is 12.8. The zero-order chi connectivity index (χ0) is 18.3. The van der Waals surface area contributed by atoms with Crippen LogP contribution in [0.2, 0.25) is 5.02 Å². The molecule has 0 spiro atoms. The van der Waals surface area contributed by atoms with Gasteiger partial charge in [0, 0.05) is 21.5 Å². The summed E-state index contributed by atoms with van der Waals surface area (Å²) in [5.41, 5.74) is 1.59. The van der Waals surface area contributed by atoms with Crippen LogP contribution >= 0.6 is 22.9 Å². The third-order valence-corrected chi connectivity index (χ3v) is 5.58. The van der Waals surface area contributed by atoms with Crippen molar-refractivity contribution in [2.45, 2.75) is 26.8 Å². The minimum absolute atomic E-state index is 0.152. The molecule has 1 aliphatic heterocycles. The summed E-state index contributed by atoms with van der Waals surface area (Å²) >= 11 is 7.66. The minimum Gasteiger partial charge on any atom is -0.503 e.